The van der Waals surface area contributed by atoms with E-state index in [0.717, 1.165) is 11.3 Å². The summed E-state index contributed by atoms with van der Waals surface area (Å²) in [5.74, 6) is -0.781. The number of thiophene rings is 1. The molecule has 0 aliphatic carbocycles. The molecule has 6 heteroatoms. The maximum absolute atomic E-state index is 11.2. The van der Waals surface area contributed by atoms with E-state index in [1.54, 1.807) is 0 Å². The zero-order valence-electron chi connectivity index (χ0n) is 8.59. The van der Waals surface area contributed by atoms with E-state index >= 15 is 0 Å². The maximum Gasteiger partial charge on any atom is 0.253 e. The predicted octanol–water partition coefficient (Wildman–Crippen LogP) is 1.06. The number of nitrogen functional groups attached to an aromatic ring is 1. The molecule has 1 amide bonds. The lowest BCUT2D eigenvalue weighted by molar-refractivity contribution is 0.100. The van der Waals surface area contributed by atoms with Gasteiger partial charge in [-0.1, -0.05) is 0 Å². The second-order valence-electron chi connectivity index (χ2n) is 3.00. The first-order valence-corrected chi connectivity index (χ1v) is 5.27. The smallest absolute Gasteiger partial charge is 0.253 e. The zero-order valence-corrected chi connectivity index (χ0v) is 9.40. The molecule has 0 aliphatic heterocycles. The number of nitrogens with one attached hydrogen (secondary N) is 1. The number of hydrogen-bond acceptors (Lipinski definition) is 5. The Morgan fingerprint density at radius 2 is 2.07 bits per heavy atom. The van der Waals surface area contributed by atoms with Gasteiger partial charge in [-0.2, -0.15) is 0 Å². The summed E-state index contributed by atoms with van der Waals surface area (Å²) in [6, 6.07) is 0. The van der Waals surface area contributed by atoms with E-state index in [1.807, 2.05) is 6.92 Å². The molecule has 1 rings (SSSR count). The Kier molecular flexibility index (Phi) is 3.31. The quantitative estimate of drug-likeness (QED) is 0.670. The highest BCUT2D eigenvalue weighted by atomic mass is 32.1. The van der Waals surface area contributed by atoms with Crippen molar-refractivity contribution in [3.63, 3.8) is 0 Å². The van der Waals surface area contributed by atoms with Crippen LogP contribution in [0.25, 0.3) is 0 Å². The van der Waals surface area contributed by atoms with E-state index in [2.05, 4.69) is 5.32 Å². The van der Waals surface area contributed by atoms with Crippen molar-refractivity contribution in [1.82, 2.24) is 0 Å². The summed E-state index contributed by atoms with van der Waals surface area (Å²) < 4.78 is 0. The Balaban J connectivity index is 3.32. The summed E-state index contributed by atoms with van der Waals surface area (Å²) >= 11 is 1.16. The molecule has 0 unspecified atom stereocenters. The minimum absolute atomic E-state index is 0.163. The van der Waals surface area contributed by atoms with Gasteiger partial charge in [0, 0.05) is 13.5 Å². The van der Waals surface area contributed by atoms with Gasteiger partial charge < -0.3 is 16.8 Å². The molecule has 0 spiro atoms. The molecule has 5 nitrogen and oxygen atoms in total. The summed E-state index contributed by atoms with van der Waals surface area (Å²) in [5.41, 5.74) is 11.3. The van der Waals surface area contributed by atoms with Gasteiger partial charge in [-0.3, -0.25) is 9.59 Å². The Bertz CT molecular complexity index is 412. The van der Waals surface area contributed by atoms with Crippen LogP contribution in [0.4, 0.5) is 10.7 Å². The van der Waals surface area contributed by atoms with Gasteiger partial charge in [-0.15, -0.1) is 11.3 Å². The van der Waals surface area contributed by atoms with Crippen LogP contribution in [-0.2, 0) is 0 Å². The van der Waals surface area contributed by atoms with Crippen molar-refractivity contribution in [3.8, 4) is 0 Å². The van der Waals surface area contributed by atoms with Crippen LogP contribution in [0.1, 0.15) is 33.9 Å². The Labute approximate surface area is 91.4 Å². The molecule has 0 saturated heterocycles. The van der Waals surface area contributed by atoms with Gasteiger partial charge in [-0.25, -0.2) is 0 Å². The van der Waals surface area contributed by atoms with Crippen LogP contribution >= 0.6 is 11.3 Å². The molecule has 0 aliphatic rings. The van der Waals surface area contributed by atoms with Crippen molar-refractivity contribution in [2.24, 2.45) is 5.73 Å². The first kappa shape index (κ1) is 11.5. The summed E-state index contributed by atoms with van der Waals surface area (Å²) in [6.45, 7) is 3.92. The first-order valence-electron chi connectivity index (χ1n) is 4.45. The van der Waals surface area contributed by atoms with Crippen molar-refractivity contribution in [1.29, 1.82) is 0 Å². The highest BCUT2D eigenvalue weighted by Crippen LogP contribution is 2.35. The molecule has 1 aromatic heterocycles. The summed E-state index contributed by atoms with van der Waals surface area (Å²) in [4.78, 5) is 22.7. The number of nitrogens with two attached hydrogens (primary N) is 2. The molecule has 5 N–H and O–H groups in total. The molecule has 0 saturated carbocycles. The van der Waals surface area contributed by atoms with Gasteiger partial charge in [0.15, 0.2) is 5.78 Å². The lowest BCUT2D eigenvalue weighted by atomic mass is 10.2. The van der Waals surface area contributed by atoms with E-state index in [4.69, 9.17) is 11.5 Å². The molecular weight excluding hydrogens is 214 g/mol. The lowest BCUT2D eigenvalue weighted by Gasteiger charge is -2.01. The van der Waals surface area contributed by atoms with Crippen molar-refractivity contribution >= 4 is 33.7 Å². The van der Waals surface area contributed by atoms with Gasteiger partial charge in [0.1, 0.15) is 5.00 Å². The third-order valence-electron chi connectivity index (χ3n) is 1.85. The fourth-order valence-corrected chi connectivity index (χ4v) is 2.32. The van der Waals surface area contributed by atoms with Crippen molar-refractivity contribution in [2.75, 3.05) is 17.6 Å². The standard InChI is InChI=1S/C9H13N3O2S/c1-3-12-9-5(8(11)14)6(10)7(15-9)4(2)13/h12H,3,10H2,1-2H3,(H2,11,14). The number of ketones is 1. The fraction of sp³-hybridized carbons (Fsp3) is 0.333. The molecule has 1 aromatic rings. The van der Waals surface area contributed by atoms with Gasteiger partial charge in [0.25, 0.3) is 5.91 Å². The molecule has 15 heavy (non-hydrogen) atoms. The van der Waals surface area contributed by atoms with Crippen molar-refractivity contribution in [3.05, 3.63) is 10.4 Å². The van der Waals surface area contributed by atoms with E-state index < -0.39 is 5.91 Å². The summed E-state index contributed by atoms with van der Waals surface area (Å²) in [7, 11) is 0. The van der Waals surface area contributed by atoms with E-state index in [1.165, 1.54) is 6.92 Å². The van der Waals surface area contributed by atoms with Gasteiger partial charge in [0.05, 0.1) is 16.1 Å². The van der Waals surface area contributed by atoms with Gasteiger partial charge in [-0.05, 0) is 6.92 Å². The Morgan fingerprint density at radius 1 is 1.47 bits per heavy atom. The minimum Gasteiger partial charge on any atom is -0.397 e. The van der Waals surface area contributed by atoms with Crippen LogP contribution in [0.5, 0.6) is 0 Å². The van der Waals surface area contributed by atoms with Gasteiger partial charge in [0.2, 0.25) is 0 Å². The van der Waals surface area contributed by atoms with Crippen LogP contribution in [-0.4, -0.2) is 18.2 Å². The largest absolute Gasteiger partial charge is 0.397 e. The number of primary amides is 1. The number of anilines is 2. The minimum atomic E-state index is -0.618. The summed E-state index contributed by atoms with van der Waals surface area (Å²) in [6.07, 6.45) is 0. The third-order valence-corrected chi connectivity index (χ3v) is 3.11. The number of hydrogen-bond donors (Lipinski definition) is 3. The number of carbonyl (C=O) groups is 2. The Morgan fingerprint density at radius 3 is 2.47 bits per heavy atom. The fourth-order valence-electron chi connectivity index (χ4n) is 1.24. The number of rotatable bonds is 4. The number of carbonyl (C=O) groups excluding carboxylic acids is 2. The van der Waals surface area contributed by atoms with E-state index in [-0.39, 0.29) is 17.0 Å². The summed E-state index contributed by atoms with van der Waals surface area (Å²) in [5, 5.41) is 3.52. The molecule has 1 heterocycles. The van der Waals surface area contributed by atoms with E-state index in [9.17, 15) is 9.59 Å². The average Bonchev–Trinajstić information content (AvgIpc) is 2.43. The molecule has 0 fully saturated rings. The van der Waals surface area contributed by atoms with Crippen LogP contribution < -0.4 is 16.8 Å². The van der Waals surface area contributed by atoms with Crippen LogP contribution in [0.2, 0.25) is 0 Å². The molecule has 0 radical (unpaired) electrons. The second kappa shape index (κ2) is 4.31. The molecular formula is C9H13N3O2S. The molecule has 82 valence electrons. The van der Waals surface area contributed by atoms with E-state index in [0.29, 0.717) is 16.4 Å². The first-order chi connectivity index (χ1) is 6.99. The monoisotopic (exact) mass is 227 g/mol. The number of amides is 1. The van der Waals surface area contributed by atoms with Crippen LogP contribution in [0, 0.1) is 0 Å². The SMILES string of the molecule is CCNc1sc(C(C)=O)c(N)c1C(N)=O. The second-order valence-corrected chi connectivity index (χ2v) is 4.02. The third kappa shape index (κ3) is 2.10. The molecule has 0 atom stereocenters. The molecule has 0 bridgehead atoms. The van der Waals surface area contributed by atoms with Crippen LogP contribution in [0.15, 0.2) is 0 Å². The average molecular weight is 227 g/mol. The Hall–Kier alpha value is -1.56. The van der Waals surface area contributed by atoms with Crippen molar-refractivity contribution in [2.45, 2.75) is 13.8 Å². The topological polar surface area (TPSA) is 98.2 Å². The van der Waals surface area contributed by atoms with Gasteiger partial charge >= 0.3 is 0 Å². The van der Waals surface area contributed by atoms with Crippen molar-refractivity contribution < 1.29 is 9.59 Å². The highest BCUT2D eigenvalue weighted by Gasteiger charge is 2.21. The highest BCUT2D eigenvalue weighted by molar-refractivity contribution is 7.19. The predicted molar refractivity (Wildman–Crippen MR) is 61.4 cm³/mol. The zero-order chi connectivity index (χ0) is 11.6. The number of Topliss-reactive ketones (excluding diaryl/α,β-unsaturated/α-hetero) is 1. The van der Waals surface area contributed by atoms with Crippen LogP contribution in [0.3, 0.4) is 0 Å². The normalized spacial score (nSPS) is 10.0. The lowest BCUT2D eigenvalue weighted by Crippen LogP contribution is -2.14. The maximum atomic E-state index is 11.2. The molecule has 0 aromatic carbocycles.